The van der Waals surface area contributed by atoms with Crippen molar-refractivity contribution in [3.8, 4) is 17.1 Å². The Morgan fingerprint density at radius 1 is 0.875 bits per heavy atom. The summed E-state index contributed by atoms with van der Waals surface area (Å²) in [4.78, 5) is 79.5. The van der Waals surface area contributed by atoms with Crippen LogP contribution in [0, 0.1) is 0 Å². The van der Waals surface area contributed by atoms with Crippen molar-refractivity contribution in [2.24, 2.45) is 0 Å². The van der Waals surface area contributed by atoms with Gasteiger partial charge in [-0.2, -0.15) is 0 Å². The first kappa shape index (κ1) is 49.6. The van der Waals surface area contributed by atoms with Crippen molar-refractivity contribution >= 4 is 40.5 Å². The molecule has 1 aromatic carbocycles. The van der Waals surface area contributed by atoms with E-state index in [1.165, 1.54) is 13.0 Å². The number of phenolic OH excluding ortho intramolecular Hbond substituents is 1. The summed E-state index contributed by atoms with van der Waals surface area (Å²) in [7, 11) is 0. The number of benzene rings is 1. The number of hydrogen-bond acceptors (Lipinski definition) is 18. The lowest BCUT2D eigenvalue weighted by Gasteiger charge is -2.35. The van der Waals surface area contributed by atoms with Crippen LogP contribution in [0.4, 0.5) is 0 Å². The van der Waals surface area contributed by atoms with E-state index >= 15 is 0 Å². The quantitative estimate of drug-likeness (QED) is 0.0427. The van der Waals surface area contributed by atoms with Gasteiger partial charge in [0.05, 0.1) is 95.1 Å². The number of esters is 2. The number of carbonyl (C=O) groups is 5. The molecule has 3 aromatic rings. The highest BCUT2D eigenvalue weighted by molar-refractivity contribution is 5.91. The number of carboxylic acids is 1. The molecule has 4 heterocycles. The van der Waals surface area contributed by atoms with Crippen molar-refractivity contribution < 1.29 is 81.9 Å². The summed E-state index contributed by atoms with van der Waals surface area (Å²) in [6.07, 6.45) is -1.05. The number of aromatic nitrogens is 2. The molecule has 64 heavy (non-hydrogen) atoms. The summed E-state index contributed by atoms with van der Waals surface area (Å²) in [5, 5.41) is 32.2. The van der Waals surface area contributed by atoms with Crippen LogP contribution in [0.3, 0.4) is 0 Å². The number of carboxylic acid groups (broad SMARTS) is 1. The molecule has 21 heteroatoms. The first-order chi connectivity index (χ1) is 30.8. The number of aliphatic hydroxyl groups excluding tert-OH is 1. The van der Waals surface area contributed by atoms with Gasteiger partial charge in [0.1, 0.15) is 50.9 Å². The second-order valence-electron chi connectivity index (χ2n) is 14.9. The van der Waals surface area contributed by atoms with E-state index in [1.54, 1.807) is 29.7 Å². The van der Waals surface area contributed by atoms with Gasteiger partial charge in [-0.25, -0.2) is 14.6 Å². The summed E-state index contributed by atoms with van der Waals surface area (Å²) in [6.45, 7) is 3.68. The fourth-order valence-electron chi connectivity index (χ4n) is 7.17. The summed E-state index contributed by atoms with van der Waals surface area (Å²) >= 11 is 0. The number of pyridine rings is 2. The van der Waals surface area contributed by atoms with Crippen molar-refractivity contribution in [3.05, 3.63) is 56.9 Å². The number of aromatic hydroxyl groups is 1. The normalized spacial score (nSPS) is 16.1. The number of nitrogens with zero attached hydrogens (tertiary/aromatic N) is 2. The van der Waals surface area contributed by atoms with Crippen LogP contribution in [0.1, 0.15) is 49.4 Å². The van der Waals surface area contributed by atoms with Gasteiger partial charge in [0.2, 0.25) is 11.5 Å². The van der Waals surface area contributed by atoms with E-state index in [1.807, 2.05) is 6.92 Å². The maximum atomic E-state index is 14.0. The highest BCUT2D eigenvalue weighted by Gasteiger charge is 2.50. The highest BCUT2D eigenvalue weighted by Crippen LogP contribution is 2.42. The van der Waals surface area contributed by atoms with Gasteiger partial charge in [0.15, 0.2) is 5.78 Å². The van der Waals surface area contributed by atoms with Crippen molar-refractivity contribution in [1.82, 2.24) is 14.9 Å². The van der Waals surface area contributed by atoms with E-state index in [2.05, 4.69) is 5.32 Å². The first-order valence-electron chi connectivity index (χ1n) is 20.8. The molecule has 21 nitrogen and oxygen atoms in total. The molecule has 2 aliphatic heterocycles. The van der Waals surface area contributed by atoms with Crippen LogP contribution in [0.15, 0.2) is 29.1 Å². The summed E-state index contributed by atoms with van der Waals surface area (Å²) in [6, 6.07) is 6.52. The molecule has 2 aliphatic rings. The number of aliphatic carboxylic acids is 1. The lowest BCUT2D eigenvalue weighted by molar-refractivity contribution is -0.189. The topological polar surface area (TPSA) is 276 Å². The fraction of sp³-hybridized carbons (Fsp3) is 0.558. The monoisotopic (exact) mass is 901 g/mol. The Kier molecular flexibility index (Phi) is 18.6. The van der Waals surface area contributed by atoms with Crippen molar-refractivity contribution in [2.75, 3.05) is 92.4 Å². The van der Waals surface area contributed by atoms with E-state index < -0.39 is 66.9 Å². The zero-order valence-electron chi connectivity index (χ0n) is 36.1. The smallest absolute Gasteiger partial charge is 0.355 e. The number of Topliss-reactive ketones (excluding diaryl/α,β-unsaturated/α-hetero) is 1. The standard InChI is InChI=1S/C43H55N3O18/c1-4-30-31-14-27(48)6-7-35(31)45-40-32(30)17-46-36(40)15-34-33(41(46)54)23-63-42(55)43(34,5-2)64-39(53)16-44-37(50)24-59-10-8-57-19-28(49)20-61-22-29(62-13-12-56-18-26(3)47)21-58-9-11-60-25-38(51)52/h6-7,14-15,28-29,48-49H,4-5,8-13,16-25H2,1-3H3,(H,44,50)(H,51,52)/t28?,29?,43-/m0/s1. The van der Waals surface area contributed by atoms with Crippen LogP contribution in [0.5, 0.6) is 5.75 Å². The summed E-state index contributed by atoms with van der Waals surface area (Å²) < 4.78 is 50.3. The number of hydrogen-bond donors (Lipinski definition) is 4. The number of aryl methyl sites for hydroxylation is 1. The number of nitrogens with one attached hydrogen (secondary N) is 1. The fourth-order valence-corrected chi connectivity index (χ4v) is 7.17. The van der Waals surface area contributed by atoms with Crippen molar-refractivity contribution in [1.29, 1.82) is 0 Å². The van der Waals surface area contributed by atoms with Crippen molar-refractivity contribution in [2.45, 2.75) is 64.6 Å². The number of ether oxygens (including phenoxy) is 9. The summed E-state index contributed by atoms with van der Waals surface area (Å²) in [5.74, 6) is -3.60. The van der Waals surface area contributed by atoms with Crippen LogP contribution in [-0.2, 0) is 91.8 Å². The third kappa shape index (κ3) is 13.1. The first-order valence-corrected chi connectivity index (χ1v) is 20.8. The Bertz CT molecular complexity index is 2190. The van der Waals surface area contributed by atoms with Crippen LogP contribution in [0.25, 0.3) is 22.3 Å². The molecule has 0 aliphatic carbocycles. The minimum absolute atomic E-state index is 0.0139. The largest absolute Gasteiger partial charge is 0.508 e. The molecule has 2 aromatic heterocycles. The van der Waals surface area contributed by atoms with Gasteiger partial charge in [-0.1, -0.05) is 13.8 Å². The lowest BCUT2D eigenvalue weighted by atomic mass is 9.85. The van der Waals surface area contributed by atoms with Gasteiger partial charge in [0.25, 0.3) is 5.56 Å². The average Bonchev–Trinajstić information content (AvgIpc) is 3.63. The Labute approximate surface area is 367 Å². The Morgan fingerprint density at radius 2 is 1.55 bits per heavy atom. The average molecular weight is 902 g/mol. The molecule has 0 radical (unpaired) electrons. The molecule has 5 rings (SSSR count). The molecular weight excluding hydrogens is 846 g/mol. The maximum absolute atomic E-state index is 14.0. The number of cyclic esters (lactones) is 1. The zero-order valence-corrected chi connectivity index (χ0v) is 36.1. The van der Waals surface area contributed by atoms with E-state index in [-0.39, 0.29) is 115 Å². The van der Waals surface area contributed by atoms with Crippen LogP contribution >= 0.6 is 0 Å². The number of rotatable bonds is 29. The van der Waals surface area contributed by atoms with Gasteiger partial charge in [-0.3, -0.25) is 19.2 Å². The van der Waals surface area contributed by atoms with Gasteiger partial charge in [0, 0.05) is 16.5 Å². The third-order valence-electron chi connectivity index (χ3n) is 10.1. The molecule has 1 amide bonds. The third-order valence-corrected chi connectivity index (χ3v) is 10.1. The highest BCUT2D eigenvalue weighted by atomic mass is 16.6. The molecule has 0 spiro atoms. The number of ketones is 1. The number of phenols is 1. The van der Waals surface area contributed by atoms with Gasteiger partial charge in [-0.15, -0.1) is 0 Å². The minimum Gasteiger partial charge on any atom is -0.508 e. The molecule has 0 fully saturated rings. The zero-order chi connectivity index (χ0) is 46.2. The van der Waals surface area contributed by atoms with Crippen LogP contribution in [0.2, 0.25) is 0 Å². The van der Waals surface area contributed by atoms with E-state index in [9.17, 15) is 39.0 Å². The van der Waals surface area contributed by atoms with Crippen LogP contribution in [-0.4, -0.2) is 159 Å². The predicted molar refractivity (Wildman–Crippen MR) is 221 cm³/mol. The molecule has 4 N–H and O–H groups in total. The molecular formula is C43H55N3O18. The van der Waals surface area contributed by atoms with Crippen LogP contribution < -0.4 is 10.9 Å². The van der Waals surface area contributed by atoms with Gasteiger partial charge < -0.3 is 67.8 Å². The minimum atomic E-state index is -1.97. The number of carbonyl (C=O) groups excluding carboxylic acids is 4. The molecule has 0 saturated carbocycles. The molecule has 3 atom stereocenters. The Morgan fingerprint density at radius 3 is 2.27 bits per heavy atom. The van der Waals surface area contributed by atoms with Crippen molar-refractivity contribution in [3.63, 3.8) is 0 Å². The van der Waals surface area contributed by atoms with E-state index in [4.69, 9.17) is 52.7 Å². The SMILES string of the molecule is CCc1c2c(nc3ccc(O)cc13)-c1cc3c(c(=O)n1C2)COC(=O)[C@@]3(CC)OC(=O)CNC(=O)COCCOCC(O)COCC(COCCOCC(=O)O)OCCOCC(C)=O. The summed E-state index contributed by atoms with van der Waals surface area (Å²) in [5.41, 5.74) is 1.33. The molecule has 350 valence electrons. The van der Waals surface area contributed by atoms with Gasteiger partial charge in [-0.05, 0) is 49.6 Å². The lowest BCUT2D eigenvalue weighted by Crippen LogP contribution is -2.48. The predicted octanol–water partition coefficient (Wildman–Crippen LogP) is 0.534. The van der Waals surface area contributed by atoms with E-state index in [0.29, 0.717) is 23.3 Å². The van der Waals surface area contributed by atoms with E-state index in [0.717, 1.165) is 16.5 Å². The molecule has 0 bridgehead atoms. The maximum Gasteiger partial charge on any atom is 0.355 e. The molecule has 0 saturated heterocycles. The number of aliphatic hydroxyl groups is 1. The number of fused-ring (bicyclic) bond motifs is 5. The second kappa shape index (κ2) is 24.1. The number of amides is 1. The second-order valence-corrected chi connectivity index (χ2v) is 14.9. The Balaban J connectivity index is 1.04. The molecule has 2 unspecified atom stereocenters. The van der Waals surface area contributed by atoms with Gasteiger partial charge >= 0.3 is 17.9 Å². The Hall–Kier alpha value is -5.39.